The molecule has 0 aliphatic heterocycles. The Morgan fingerprint density at radius 2 is 1.00 bits per heavy atom. The van der Waals surface area contributed by atoms with E-state index < -0.39 is 0 Å². The predicted molar refractivity (Wildman–Crippen MR) is 89.2 cm³/mol. The molecule has 0 aliphatic rings. The highest BCUT2D eigenvalue weighted by atomic mass is 31.0. The lowest BCUT2D eigenvalue weighted by molar-refractivity contribution is 0.540. The molecule has 0 bridgehead atoms. The summed E-state index contributed by atoms with van der Waals surface area (Å²) in [6.45, 7) is 2.29. The van der Waals surface area contributed by atoms with E-state index in [1.54, 1.807) is 0 Å². The summed E-state index contributed by atoms with van der Waals surface area (Å²) in [5.74, 6) is 2.08. The van der Waals surface area contributed by atoms with E-state index in [2.05, 4.69) is 28.1 Å². The number of hydrogen-bond donors (Lipinski definition) is 0. The summed E-state index contributed by atoms with van der Waals surface area (Å²) in [6.07, 6.45) is 22.3. The lowest BCUT2D eigenvalue weighted by Gasteiger charge is -2.02. The molecule has 0 spiro atoms. The van der Waals surface area contributed by atoms with Gasteiger partial charge in [-0.15, -0.1) is 9.24 Å². The summed E-state index contributed by atoms with van der Waals surface area (Å²) >= 11 is 0. The Bertz CT molecular complexity index is 163. The second kappa shape index (κ2) is 17.2. The van der Waals surface area contributed by atoms with E-state index in [1.165, 1.54) is 89.9 Å². The third-order valence-corrected chi connectivity index (χ3v) is 3.88. The van der Waals surface area contributed by atoms with E-state index in [0.717, 1.165) is 0 Å². The standard InChI is InChI=1S/C17H35P/c1-2-3-4-5-6-7-8-9-10-11-12-13-14-15-16-17-18/h16-17H,2-15,18H2,1H3/b17-16+. The van der Waals surface area contributed by atoms with Crippen LogP contribution in [0.15, 0.2) is 11.9 Å². The van der Waals surface area contributed by atoms with Crippen LogP contribution in [0.2, 0.25) is 0 Å². The van der Waals surface area contributed by atoms with Crippen LogP contribution >= 0.6 is 9.24 Å². The van der Waals surface area contributed by atoms with Crippen LogP contribution in [0.5, 0.6) is 0 Å². The normalized spacial score (nSPS) is 11.4. The van der Waals surface area contributed by atoms with Gasteiger partial charge in [-0.1, -0.05) is 95.9 Å². The molecule has 0 aromatic carbocycles. The first-order chi connectivity index (χ1) is 8.91. The monoisotopic (exact) mass is 270 g/mol. The molecule has 0 aromatic heterocycles. The van der Waals surface area contributed by atoms with Crippen LogP contribution in [0, 0.1) is 0 Å². The quantitative estimate of drug-likeness (QED) is 0.239. The average Bonchev–Trinajstić information content (AvgIpc) is 2.39. The van der Waals surface area contributed by atoms with Gasteiger partial charge in [0, 0.05) is 0 Å². The zero-order valence-electron chi connectivity index (χ0n) is 12.6. The number of allylic oxidation sites excluding steroid dienone is 1. The molecule has 0 saturated carbocycles. The molecule has 1 heteroatoms. The van der Waals surface area contributed by atoms with Crippen molar-refractivity contribution in [2.75, 3.05) is 0 Å². The van der Waals surface area contributed by atoms with Crippen LogP contribution in [-0.4, -0.2) is 0 Å². The molecular formula is C17H35P. The van der Waals surface area contributed by atoms with E-state index in [4.69, 9.17) is 0 Å². The Labute approximate surface area is 118 Å². The second-order valence-electron chi connectivity index (χ2n) is 5.46. The van der Waals surface area contributed by atoms with Crippen molar-refractivity contribution in [1.29, 1.82) is 0 Å². The van der Waals surface area contributed by atoms with Crippen molar-refractivity contribution in [2.45, 2.75) is 96.8 Å². The highest BCUT2D eigenvalue weighted by Crippen LogP contribution is 2.12. The molecular weight excluding hydrogens is 235 g/mol. The van der Waals surface area contributed by atoms with Crippen LogP contribution in [0.3, 0.4) is 0 Å². The van der Waals surface area contributed by atoms with Gasteiger partial charge in [-0.25, -0.2) is 0 Å². The summed E-state index contributed by atoms with van der Waals surface area (Å²) in [7, 11) is 2.64. The first-order valence-corrected chi connectivity index (χ1v) is 8.95. The molecule has 108 valence electrons. The summed E-state index contributed by atoms with van der Waals surface area (Å²) < 4.78 is 0. The van der Waals surface area contributed by atoms with Crippen LogP contribution in [0.4, 0.5) is 0 Å². The van der Waals surface area contributed by atoms with Crippen LogP contribution in [0.1, 0.15) is 96.8 Å². The smallest absolute Gasteiger partial charge is 0.0347 e. The maximum atomic E-state index is 2.64. The highest BCUT2D eigenvalue weighted by molar-refractivity contribution is 7.20. The van der Waals surface area contributed by atoms with Gasteiger partial charge in [-0.05, 0) is 12.8 Å². The van der Waals surface area contributed by atoms with Gasteiger partial charge in [-0.2, -0.15) is 0 Å². The molecule has 1 unspecified atom stereocenters. The van der Waals surface area contributed by atoms with E-state index in [0.29, 0.717) is 0 Å². The van der Waals surface area contributed by atoms with Gasteiger partial charge in [0.2, 0.25) is 0 Å². The third kappa shape index (κ3) is 16.2. The molecule has 18 heavy (non-hydrogen) atoms. The van der Waals surface area contributed by atoms with Gasteiger partial charge in [0.1, 0.15) is 0 Å². The molecule has 0 heterocycles. The van der Waals surface area contributed by atoms with E-state index in [1.807, 2.05) is 0 Å². The van der Waals surface area contributed by atoms with Gasteiger partial charge >= 0.3 is 0 Å². The Morgan fingerprint density at radius 3 is 1.39 bits per heavy atom. The lowest BCUT2D eigenvalue weighted by atomic mass is 10.0. The Hall–Kier alpha value is 0.170. The summed E-state index contributed by atoms with van der Waals surface area (Å²) in [5.41, 5.74) is 0. The fraction of sp³-hybridized carbons (Fsp3) is 0.882. The Kier molecular flexibility index (Phi) is 17.3. The number of rotatable bonds is 14. The molecule has 0 aromatic rings. The molecule has 0 N–H and O–H groups in total. The first-order valence-electron chi connectivity index (χ1n) is 8.28. The summed E-state index contributed by atoms with van der Waals surface area (Å²) in [6, 6.07) is 0. The SMILES string of the molecule is CCCCCCCCCCCCCCC/C=C/P. The molecule has 0 nitrogen and oxygen atoms in total. The van der Waals surface area contributed by atoms with Crippen molar-refractivity contribution < 1.29 is 0 Å². The van der Waals surface area contributed by atoms with Crippen molar-refractivity contribution in [3.8, 4) is 0 Å². The molecule has 0 radical (unpaired) electrons. The van der Waals surface area contributed by atoms with Crippen LogP contribution in [-0.2, 0) is 0 Å². The van der Waals surface area contributed by atoms with Gasteiger partial charge < -0.3 is 0 Å². The zero-order valence-corrected chi connectivity index (χ0v) is 13.8. The average molecular weight is 270 g/mol. The van der Waals surface area contributed by atoms with Crippen LogP contribution < -0.4 is 0 Å². The number of unbranched alkanes of at least 4 members (excludes halogenated alkanes) is 13. The molecule has 0 rings (SSSR count). The second-order valence-corrected chi connectivity index (χ2v) is 5.84. The van der Waals surface area contributed by atoms with Crippen molar-refractivity contribution in [1.82, 2.24) is 0 Å². The Balaban J connectivity index is 2.90. The topological polar surface area (TPSA) is 0 Å². The molecule has 0 fully saturated rings. The summed E-state index contributed by atoms with van der Waals surface area (Å²) in [5, 5.41) is 0. The van der Waals surface area contributed by atoms with E-state index >= 15 is 0 Å². The maximum Gasteiger partial charge on any atom is -0.0347 e. The fourth-order valence-corrected chi connectivity index (χ4v) is 2.57. The molecule has 1 atom stereocenters. The zero-order chi connectivity index (χ0) is 13.3. The Morgan fingerprint density at radius 1 is 0.611 bits per heavy atom. The van der Waals surface area contributed by atoms with E-state index in [9.17, 15) is 0 Å². The minimum atomic E-state index is 1.27. The van der Waals surface area contributed by atoms with Gasteiger partial charge in [0.15, 0.2) is 0 Å². The van der Waals surface area contributed by atoms with Crippen molar-refractivity contribution in [2.24, 2.45) is 0 Å². The number of hydrogen-bond acceptors (Lipinski definition) is 0. The molecule has 0 amide bonds. The molecule has 0 saturated heterocycles. The van der Waals surface area contributed by atoms with E-state index in [-0.39, 0.29) is 0 Å². The first kappa shape index (κ1) is 18.2. The lowest BCUT2D eigenvalue weighted by Crippen LogP contribution is -1.82. The highest BCUT2D eigenvalue weighted by Gasteiger charge is 1.93. The van der Waals surface area contributed by atoms with Gasteiger partial charge in [-0.3, -0.25) is 0 Å². The molecule has 0 aliphatic carbocycles. The predicted octanol–water partition coefficient (Wildman–Crippen LogP) is 6.86. The van der Waals surface area contributed by atoms with Gasteiger partial charge in [0.25, 0.3) is 0 Å². The van der Waals surface area contributed by atoms with Gasteiger partial charge in [0.05, 0.1) is 0 Å². The van der Waals surface area contributed by atoms with Crippen molar-refractivity contribution >= 4 is 9.24 Å². The maximum absolute atomic E-state index is 2.64. The largest absolute Gasteiger partial charge is 0.114 e. The third-order valence-electron chi connectivity index (χ3n) is 3.61. The minimum absolute atomic E-state index is 1.27. The van der Waals surface area contributed by atoms with Crippen LogP contribution in [0.25, 0.3) is 0 Å². The summed E-state index contributed by atoms with van der Waals surface area (Å²) in [4.78, 5) is 0. The minimum Gasteiger partial charge on any atom is -0.114 e. The fourth-order valence-electron chi connectivity index (χ4n) is 2.38. The van der Waals surface area contributed by atoms with Crippen molar-refractivity contribution in [3.63, 3.8) is 0 Å². The van der Waals surface area contributed by atoms with Crippen molar-refractivity contribution in [3.05, 3.63) is 11.9 Å².